The first-order chi connectivity index (χ1) is 7.67. The van der Waals surface area contributed by atoms with Crippen LogP contribution >= 0.6 is 12.2 Å². The van der Waals surface area contributed by atoms with Crippen molar-refractivity contribution in [3.63, 3.8) is 0 Å². The highest BCUT2D eigenvalue weighted by Gasteiger charge is 2.04. The van der Waals surface area contributed by atoms with Crippen LogP contribution in [0.25, 0.3) is 0 Å². The predicted molar refractivity (Wildman–Crippen MR) is 65.6 cm³/mol. The summed E-state index contributed by atoms with van der Waals surface area (Å²) in [5.74, 6) is 1.34. The van der Waals surface area contributed by atoms with E-state index in [9.17, 15) is 0 Å². The molecule has 6 heteroatoms. The second kappa shape index (κ2) is 5.92. The van der Waals surface area contributed by atoms with Crippen LogP contribution in [-0.4, -0.2) is 25.5 Å². The molecule has 0 saturated carbocycles. The normalized spacial score (nSPS) is 10.1. The molecule has 0 heterocycles. The van der Waals surface area contributed by atoms with Gasteiger partial charge < -0.3 is 15.2 Å². The number of hydrogen-bond donors (Lipinski definition) is 3. The van der Waals surface area contributed by atoms with E-state index < -0.39 is 0 Å². The van der Waals surface area contributed by atoms with Gasteiger partial charge in [0.2, 0.25) is 5.11 Å². The maximum absolute atomic E-state index is 5.25. The van der Waals surface area contributed by atoms with Crippen molar-refractivity contribution in [1.29, 1.82) is 0 Å². The molecular weight excluding hydrogens is 226 g/mol. The molecule has 0 aromatic heterocycles. The average molecular weight is 240 g/mol. The van der Waals surface area contributed by atoms with Gasteiger partial charge in [0.15, 0.2) is 17.7 Å². The average Bonchev–Trinajstić information content (AvgIpc) is 2.28. The van der Waals surface area contributed by atoms with E-state index in [1.807, 2.05) is 18.2 Å². The van der Waals surface area contributed by atoms with Crippen molar-refractivity contribution < 1.29 is 14.6 Å². The number of hydrazone groups is 1. The lowest BCUT2D eigenvalue weighted by atomic mass is 10.2. The first-order valence-corrected chi connectivity index (χ1v) is 4.94. The summed E-state index contributed by atoms with van der Waals surface area (Å²) >= 11 is 4.64. The van der Waals surface area contributed by atoms with Crippen LogP contribution in [0.4, 0.5) is 0 Å². The van der Waals surface area contributed by atoms with Crippen molar-refractivity contribution in [2.45, 2.75) is 0 Å². The number of hydrogen-bond acceptors (Lipinski definition) is 3. The molecule has 0 atom stereocenters. The van der Waals surface area contributed by atoms with Gasteiger partial charge in [-0.05, 0) is 30.4 Å². The molecule has 0 saturated heterocycles. The maximum Gasteiger partial charge on any atom is 0.221 e. The molecule has 0 amide bonds. The quantitative estimate of drug-likeness (QED) is 0.356. The van der Waals surface area contributed by atoms with Gasteiger partial charge >= 0.3 is 0 Å². The molecule has 16 heavy (non-hydrogen) atoms. The summed E-state index contributed by atoms with van der Waals surface area (Å²) in [6.07, 6.45) is 1.71. The second-order valence-corrected chi connectivity index (χ2v) is 3.33. The largest absolute Gasteiger partial charge is 0.493 e. The minimum absolute atomic E-state index is 0.178. The van der Waals surface area contributed by atoms with Gasteiger partial charge in [0.25, 0.3) is 0 Å². The minimum atomic E-state index is 0.178. The summed E-state index contributed by atoms with van der Waals surface area (Å²) in [5.41, 5.74) is 8.75. The van der Waals surface area contributed by atoms with Gasteiger partial charge in [-0.15, -0.1) is 10.5 Å². The highest BCUT2D eigenvalue weighted by atomic mass is 32.1. The highest BCUT2D eigenvalue weighted by Crippen LogP contribution is 2.26. The molecule has 0 aliphatic rings. The number of rotatable bonds is 4. The lowest BCUT2D eigenvalue weighted by Gasteiger charge is -2.06. The van der Waals surface area contributed by atoms with E-state index in [0.717, 1.165) is 5.56 Å². The Bertz CT molecular complexity index is 407. The Balaban J connectivity index is 2.82. The lowest BCUT2D eigenvalue weighted by Crippen LogP contribution is -2.82. The fourth-order valence-corrected chi connectivity index (χ4v) is 1.19. The van der Waals surface area contributed by atoms with Crippen LogP contribution in [0.5, 0.6) is 11.5 Å². The zero-order valence-corrected chi connectivity index (χ0v) is 9.93. The van der Waals surface area contributed by atoms with Crippen molar-refractivity contribution in [1.82, 2.24) is 5.43 Å². The Morgan fingerprint density at radius 1 is 1.38 bits per heavy atom. The Kier molecular flexibility index (Phi) is 4.53. The molecule has 5 nitrogen and oxygen atoms in total. The molecule has 1 aromatic rings. The van der Waals surface area contributed by atoms with Crippen LogP contribution in [0.15, 0.2) is 18.2 Å². The summed E-state index contributed by atoms with van der Waals surface area (Å²) in [5, 5.41) is 2.93. The van der Waals surface area contributed by atoms with Crippen molar-refractivity contribution >= 4 is 23.5 Å². The molecule has 0 aliphatic carbocycles. The Hall–Kier alpha value is -1.82. The summed E-state index contributed by atoms with van der Waals surface area (Å²) in [7, 11) is 3.18. The Morgan fingerprint density at radius 3 is 2.62 bits per heavy atom. The number of thiocarbonyl (C=S) groups is 1. The van der Waals surface area contributed by atoms with Crippen LogP contribution in [0.1, 0.15) is 5.56 Å². The van der Waals surface area contributed by atoms with Gasteiger partial charge in [0, 0.05) is 5.56 Å². The molecule has 86 valence electrons. The van der Waals surface area contributed by atoms with Crippen LogP contribution in [0, 0.1) is 0 Å². The third-order valence-electron chi connectivity index (χ3n) is 1.84. The fourth-order valence-electron chi connectivity index (χ4n) is 1.13. The Labute approximate surface area is 99.2 Å². The van der Waals surface area contributed by atoms with Crippen molar-refractivity contribution in [2.24, 2.45) is 5.73 Å². The summed E-state index contributed by atoms with van der Waals surface area (Å²) in [4.78, 5) is 0. The number of hydrazine groups is 1. The number of ether oxygens (including phenoxy) is 2. The van der Waals surface area contributed by atoms with Crippen LogP contribution < -0.4 is 25.7 Å². The number of nitrogens with one attached hydrogen (secondary N) is 2. The van der Waals surface area contributed by atoms with E-state index in [4.69, 9.17) is 15.2 Å². The zero-order chi connectivity index (χ0) is 12.0. The van der Waals surface area contributed by atoms with Crippen LogP contribution in [-0.2, 0) is 0 Å². The predicted octanol–water partition coefficient (Wildman–Crippen LogP) is -1.05. The van der Waals surface area contributed by atoms with Gasteiger partial charge in [0.1, 0.15) is 0 Å². The SMILES string of the molecule is COc1ccc(C=[NH+]NC(N)=S)cc1OC. The van der Waals surface area contributed by atoms with E-state index in [1.165, 1.54) is 0 Å². The van der Waals surface area contributed by atoms with Crippen LogP contribution in [0.3, 0.4) is 0 Å². The molecule has 0 aliphatic heterocycles. The minimum Gasteiger partial charge on any atom is -0.493 e. The number of methoxy groups -OCH3 is 2. The Morgan fingerprint density at radius 2 is 2.06 bits per heavy atom. The van der Waals surface area contributed by atoms with Gasteiger partial charge in [-0.3, -0.25) is 0 Å². The molecule has 1 aromatic carbocycles. The van der Waals surface area contributed by atoms with E-state index >= 15 is 0 Å². The molecule has 0 unspecified atom stereocenters. The lowest BCUT2D eigenvalue weighted by molar-refractivity contribution is -0.499. The second-order valence-electron chi connectivity index (χ2n) is 2.89. The highest BCUT2D eigenvalue weighted by molar-refractivity contribution is 7.80. The summed E-state index contributed by atoms with van der Waals surface area (Å²) < 4.78 is 10.3. The maximum atomic E-state index is 5.25. The molecular formula is C10H14N3O2S+. The number of benzene rings is 1. The van der Waals surface area contributed by atoms with E-state index in [1.54, 1.807) is 20.4 Å². The standard InChI is InChI=1S/C10H13N3O2S/c1-14-8-4-3-7(5-9(8)15-2)6-12-13-10(11)16/h3-6H,1-2H3,(H3,11,13,16)/p+1. The van der Waals surface area contributed by atoms with E-state index in [-0.39, 0.29) is 5.11 Å². The molecule has 0 bridgehead atoms. The van der Waals surface area contributed by atoms with E-state index in [2.05, 4.69) is 22.7 Å². The summed E-state index contributed by atoms with van der Waals surface area (Å²) in [6.45, 7) is 0. The molecule has 0 fully saturated rings. The topological polar surface area (TPSA) is 70.5 Å². The van der Waals surface area contributed by atoms with Gasteiger partial charge in [0.05, 0.1) is 14.2 Å². The molecule has 0 spiro atoms. The first kappa shape index (κ1) is 12.3. The van der Waals surface area contributed by atoms with Gasteiger partial charge in [-0.1, -0.05) is 0 Å². The monoisotopic (exact) mass is 240 g/mol. The first-order valence-electron chi connectivity index (χ1n) is 4.53. The third-order valence-corrected chi connectivity index (χ3v) is 1.94. The van der Waals surface area contributed by atoms with Crippen molar-refractivity contribution in [3.05, 3.63) is 23.8 Å². The molecule has 0 radical (unpaired) electrons. The molecule has 1 rings (SSSR count). The van der Waals surface area contributed by atoms with Crippen LogP contribution in [0.2, 0.25) is 0 Å². The van der Waals surface area contributed by atoms with Gasteiger partial charge in [-0.25, -0.2) is 0 Å². The molecule has 4 N–H and O–H groups in total. The number of nitrogens with two attached hydrogens (primary N) is 1. The smallest absolute Gasteiger partial charge is 0.221 e. The summed E-state index contributed by atoms with van der Waals surface area (Å²) in [6, 6.07) is 5.51. The zero-order valence-electron chi connectivity index (χ0n) is 9.11. The third kappa shape index (κ3) is 3.39. The van der Waals surface area contributed by atoms with Crippen molar-refractivity contribution in [2.75, 3.05) is 14.2 Å². The van der Waals surface area contributed by atoms with Gasteiger partial charge in [-0.2, -0.15) is 0 Å². The van der Waals surface area contributed by atoms with Crippen molar-refractivity contribution in [3.8, 4) is 11.5 Å². The fraction of sp³-hybridized carbons (Fsp3) is 0.200. The van der Waals surface area contributed by atoms with E-state index in [0.29, 0.717) is 11.5 Å².